The van der Waals surface area contributed by atoms with Crippen LogP contribution in [0.4, 0.5) is 5.69 Å². The van der Waals surface area contributed by atoms with Crippen LogP contribution in [0, 0.1) is 0 Å². The highest BCUT2D eigenvalue weighted by molar-refractivity contribution is 7.20. The number of hydrogen-bond donors (Lipinski definition) is 2. The van der Waals surface area contributed by atoms with Crippen molar-refractivity contribution in [2.75, 3.05) is 5.32 Å². The second-order valence-corrected chi connectivity index (χ2v) is 8.03. The van der Waals surface area contributed by atoms with Crippen LogP contribution in [0.15, 0.2) is 23.6 Å². The van der Waals surface area contributed by atoms with E-state index in [9.17, 15) is 0 Å². The van der Waals surface area contributed by atoms with Gasteiger partial charge in [0.05, 0.1) is 15.4 Å². The molecular formula is C15H15Cl2N3S2. The van der Waals surface area contributed by atoms with E-state index in [1.165, 1.54) is 4.88 Å². The SMILES string of the molecule is C[C@H](N)Cc1sc2c(NCc3cccs3)cc(Cl)nc2c1Cl. The summed E-state index contributed by atoms with van der Waals surface area (Å²) in [7, 11) is 0. The van der Waals surface area contributed by atoms with Gasteiger partial charge >= 0.3 is 0 Å². The molecule has 0 spiro atoms. The summed E-state index contributed by atoms with van der Waals surface area (Å²) in [5.41, 5.74) is 7.61. The Labute approximate surface area is 147 Å². The molecule has 116 valence electrons. The topological polar surface area (TPSA) is 50.9 Å². The molecule has 0 aliphatic heterocycles. The van der Waals surface area contributed by atoms with Gasteiger partial charge < -0.3 is 11.1 Å². The van der Waals surface area contributed by atoms with E-state index in [4.69, 9.17) is 28.9 Å². The van der Waals surface area contributed by atoms with Crippen LogP contribution in [-0.4, -0.2) is 11.0 Å². The van der Waals surface area contributed by atoms with E-state index in [-0.39, 0.29) is 6.04 Å². The Morgan fingerprint density at radius 2 is 2.23 bits per heavy atom. The summed E-state index contributed by atoms with van der Waals surface area (Å²) in [5.74, 6) is 0. The Morgan fingerprint density at radius 1 is 1.41 bits per heavy atom. The van der Waals surface area contributed by atoms with Crippen molar-refractivity contribution in [2.45, 2.75) is 25.9 Å². The average Bonchev–Trinajstić information content (AvgIpc) is 3.07. The molecule has 3 aromatic rings. The van der Waals surface area contributed by atoms with Gasteiger partial charge in [-0.15, -0.1) is 22.7 Å². The summed E-state index contributed by atoms with van der Waals surface area (Å²) in [6.07, 6.45) is 0.738. The van der Waals surface area contributed by atoms with Gasteiger partial charge in [0.25, 0.3) is 0 Å². The molecular weight excluding hydrogens is 357 g/mol. The number of halogens is 2. The molecule has 3 rings (SSSR count). The highest BCUT2D eigenvalue weighted by Crippen LogP contribution is 2.40. The Kier molecular flexibility index (Phi) is 4.90. The molecule has 0 amide bonds. The predicted molar refractivity (Wildman–Crippen MR) is 98.6 cm³/mol. The zero-order chi connectivity index (χ0) is 15.7. The molecule has 7 heteroatoms. The van der Waals surface area contributed by atoms with Crippen molar-refractivity contribution in [3.63, 3.8) is 0 Å². The van der Waals surface area contributed by atoms with Crippen LogP contribution in [-0.2, 0) is 13.0 Å². The molecule has 3 N–H and O–H groups in total. The number of nitrogens with one attached hydrogen (secondary N) is 1. The largest absolute Gasteiger partial charge is 0.379 e. The molecule has 3 nitrogen and oxygen atoms in total. The van der Waals surface area contributed by atoms with Crippen molar-refractivity contribution in [3.8, 4) is 0 Å². The number of rotatable bonds is 5. The first-order valence-corrected chi connectivity index (χ1v) is 9.29. The molecule has 0 saturated carbocycles. The highest BCUT2D eigenvalue weighted by atomic mass is 35.5. The molecule has 22 heavy (non-hydrogen) atoms. The monoisotopic (exact) mass is 371 g/mol. The van der Waals surface area contributed by atoms with Gasteiger partial charge in [-0.3, -0.25) is 0 Å². The number of pyridine rings is 1. The van der Waals surface area contributed by atoms with E-state index in [1.807, 2.05) is 19.1 Å². The second kappa shape index (κ2) is 6.72. The van der Waals surface area contributed by atoms with Crippen LogP contribution >= 0.6 is 45.9 Å². The normalized spacial score (nSPS) is 12.7. The van der Waals surface area contributed by atoms with Crippen LogP contribution in [0.3, 0.4) is 0 Å². The zero-order valence-corrected chi connectivity index (χ0v) is 15.0. The van der Waals surface area contributed by atoms with Crippen molar-refractivity contribution >= 4 is 61.8 Å². The predicted octanol–water partition coefficient (Wildman–Crippen LogP) is 5.17. The summed E-state index contributed by atoms with van der Waals surface area (Å²) in [6.45, 7) is 2.72. The summed E-state index contributed by atoms with van der Waals surface area (Å²) in [5, 5.41) is 6.60. The minimum Gasteiger partial charge on any atom is -0.379 e. The molecule has 0 aromatic carbocycles. The maximum Gasteiger partial charge on any atom is 0.131 e. The Morgan fingerprint density at radius 3 is 2.91 bits per heavy atom. The van der Waals surface area contributed by atoms with Crippen molar-refractivity contribution in [1.29, 1.82) is 0 Å². The minimum absolute atomic E-state index is 0.0589. The van der Waals surface area contributed by atoms with Gasteiger partial charge in [-0.25, -0.2) is 4.98 Å². The van der Waals surface area contributed by atoms with E-state index < -0.39 is 0 Å². The standard InChI is InChI=1S/C15H15Cl2N3S2/c1-8(18)5-11-13(17)14-15(22-11)10(6-12(16)20-14)19-7-9-3-2-4-21-9/h2-4,6,8H,5,7,18H2,1H3,(H,19,20)/t8-/m0/s1. The molecule has 0 saturated heterocycles. The minimum atomic E-state index is 0.0589. The molecule has 0 unspecified atom stereocenters. The maximum atomic E-state index is 6.45. The van der Waals surface area contributed by atoms with Gasteiger partial charge in [0, 0.05) is 28.4 Å². The van der Waals surface area contributed by atoms with Gasteiger partial charge in [0.2, 0.25) is 0 Å². The fourth-order valence-electron chi connectivity index (χ4n) is 2.20. The van der Waals surface area contributed by atoms with Crippen LogP contribution in [0.2, 0.25) is 10.2 Å². The smallest absolute Gasteiger partial charge is 0.131 e. The summed E-state index contributed by atoms with van der Waals surface area (Å²) in [4.78, 5) is 6.69. The average molecular weight is 372 g/mol. The third kappa shape index (κ3) is 3.39. The molecule has 0 aliphatic rings. The lowest BCUT2D eigenvalue weighted by Crippen LogP contribution is -2.17. The first-order valence-electron chi connectivity index (χ1n) is 6.84. The van der Waals surface area contributed by atoms with Crippen LogP contribution < -0.4 is 11.1 Å². The summed E-state index contributed by atoms with van der Waals surface area (Å²) < 4.78 is 1.03. The lowest BCUT2D eigenvalue weighted by atomic mass is 10.2. The Hall–Kier alpha value is -0.850. The van der Waals surface area contributed by atoms with E-state index >= 15 is 0 Å². The number of nitrogens with two attached hydrogens (primary N) is 1. The van der Waals surface area contributed by atoms with E-state index in [2.05, 4.69) is 21.7 Å². The van der Waals surface area contributed by atoms with Gasteiger partial charge in [-0.05, 0) is 24.8 Å². The number of anilines is 1. The van der Waals surface area contributed by atoms with Crippen LogP contribution in [0.5, 0.6) is 0 Å². The number of hydrogen-bond acceptors (Lipinski definition) is 5. The second-order valence-electron chi connectivity index (χ2n) is 5.12. The van der Waals surface area contributed by atoms with E-state index in [1.54, 1.807) is 22.7 Å². The van der Waals surface area contributed by atoms with Crippen LogP contribution in [0.25, 0.3) is 10.2 Å². The third-order valence-corrected chi connectivity index (χ3v) is 5.98. The lowest BCUT2D eigenvalue weighted by Gasteiger charge is -2.06. The van der Waals surface area contributed by atoms with Gasteiger partial charge in [0.15, 0.2) is 0 Å². The number of nitrogens with zero attached hydrogens (tertiary/aromatic N) is 1. The third-order valence-electron chi connectivity index (χ3n) is 3.16. The molecule has 0 aliphatic carbocycles. The van der Waals surface area contributed by atoms with Crippen molar-refractivity contribution in [3.05, 3.63) is 43.5 Å². The fourth-order valence-corrected chi connectivity index (χ4v) is 4.69. The lowest BCUT2D eigenvalue weighted by molar-refractivity contribution is 0.747. The molecule has 3 heterocycles. The zero-order valence-electron chi connectivity index (χ0n) is 11.9. The van der Waals surface area contributed by atoms with Gasteiger partial charge in [-0.1, -0.05) is 29.3 Å². The molecule has 3 aromatic heterocycles. The van der Waals surface area contributed by atoms with E-state index in [0.717, 1.165) is 33.7 Å². The fraction of sp³-hybridized carbons (Fsp3) is 0.267. The van der Waals surface area contributed by atoms with Gasteiger partial charge in [0.1, 0.15) is 10.7 Å². The van der Waals surface area contributed by atoms with Crippen molar-refractivity contribution in [2.24, 2.45) is 5.73 Å². The number of fused-ring (bicyclic) bond motifs is 1. The molecule has 0 fully saturated rings. The number of aromatic nitrogens is 1. The quantitative estimate of drug-likeness (QED) is 0.608. The molecule has 0 bridgehead atoms. The number of thiophene rings is 2. The summed E-state index contributed by atoms with van der Waals surface area (Å²) in [6, 6.07) is 6.05. The Balaban J connectivity index is 1.98. The van der Waals surface area contributed by atoms with E-state index in [0.29, 0.717) is 10.2 Å². The van der Waals surface area contributed by atoms with Gasteiger partial charge in [-0.2, -0.15) is 0 Å². The molecule has 1 atom stereocenters. The molecule has 0 radical (unpaired) electrons. The summed E-state index contributed by atoms with van der Waals surface area (Å²) >= 11 is 15.9. The highest BCUT2D eigenvalue weighted by Gasteiger charge is 2.16. The van der Waals surface area contributed by atoms with Crippen LogP contribution in [0.1, 0.15) is 16.7 Å². The Bertz CT molecular complexity index is 782. The van der Waals surface area contributed by atoms with Crippen molar-refractivity contribution < 1.29 is 0 Å². The van der Waals surface area contributed by atoms with Crippen molar-refractivity contribution in [1.82, 2.24) is 4.98 Å². The maximum absolute atomic E-state index is 6.45. The first kappa shape index (κ1) is 16.0. The first-order chi connectivity index (χ1) is 10.5.